The van der Waals surface area contributed by atoms with Gasteiger partial charge in [0.25, 0.3) is 0 Å². The third kappa shape index (κ3) is 6.78. The van der Waals surface area contributed by atoms with Gasteiger partial charge in [0.2, 0.25) is 5.91 Å². The standard InChI is InChI=1S/C25H44N6O3/c1-2-25-8-3-12-31(17-18(5-9-25)6-10-26)20(15-25)22(23(27)28)24(33)30-19-16-29-11-7-21(19)34-14-4-13-32/h5,19-23,29,32H,2-4,6-9,11-17,27-28H2,1H3,(H,30,33)/b18-5-. The summed E-state index contributed by atoms with van der Waals surface area (Å²) in [6.45, 7) is 5.81. The smallest absolute Gasteiger partial charge is 0.227 e. The zero-order valence-corrected chi connectivity index (χ0v) is 20.7. The molecule has 2 fully saturated rings. The first-order valence-electron chi connectivity index (χ1n) is 13.0. The highest BCUT2D eigenvalue weighted by Gasteiger charge is 2.45. The Balaban J connectivity index is 1.81. The van der Waals surface area contributed by atoms with Gasteiger partial charge in [-0.15, -0.1) is 0 Å². The molecule has 0 aliphatic carbocycles. The summed E-state index contributed by atoms with van der Waals surface area (Å²) >= 11 is 0. The number of amides is 1. The van der Waals surface area contributed by atoms with Crippen molar-refractivity contribution in [3.63, 3.8) is 0 Å². The normalized spacial score (nSPS) is 34.3. The molecule has 9 heteroatoms. The second-order valence-corrected chi connectivity index (χ2v) is 10.3. The summed E-state index contributed by atoms with van der Waals surface area (Å²) in [5, 5.41) is 25.0. The third-order valence-electron chi connectivity index (χ3n) is 8.06. The molecule has 2 saturated heterocycles. The number of ether oxygens (including phenoxy) is 1. The van der Waals surface area contributed by atoms with E-state index in [-0.39, 0.29) is 36.1 Å². The van der Waals surface area contributed by atoms with E-state index in [9.17, 15) is 10.1 Å². The second-order valence-electron chi connectivity index (χ2n) is 10.3. The van der Waals surface area contributed by atoms with Crippen molar-refractivity contribution < 1.29 is 14.6 Å². The summed E-state index contributed by atoms with van der Waals surface area (Å²) in [6, 6.07) is 2.06. The average Bonchev–Trinajstić information content (AvgIpc) is 2.92. The molecule has 34 heavy (non-hydrogen) atoms. The highest BCUT2D eigenvalue weighted by atomic mass is 16.5. The fourth-order valence-electron chi connectivity index (χ4n) is 5.98. The number of fused-ring (bicyclic) bond motifs is 3. The summed E-state index contributed by atoms with van der Waals surface area (Å²) in [4.78, 5) is 16.1. The molecular weight excluding hydrogens is 432 g/mol. The first-order chi connectivity index (χ1) is 16.4. The van der Waals surface area contributed by atoms with Gasteiger partial charge in [-0.2, -0.15) is 5.26 Å². The number of nitrogens with zero attached hydrogens (tertiary/aromatic N) is 2. The van der Waals surface area contributed by atoms with Crippen LogP contribution in [0.2, 0.25) is 0 Å². The van der Waals surface area contributed by atoms with Gasteiger partial charge in [-0.1, -0.05) is 19.4 Å². The zero-order chi connectivity index (χ0) is 24.6. The van der Waals surface area contributed by atoms with Gasteiger partial charge in [-0.05, 0) is 62.6 Å². The number of nitriles is 1. The second kappa shape index (κ2) is 13.0. The predicted octanol–water partition coefficient (Wildman–Crippen LogP) is 0.586. The van der Waals surface area contributed by atoms with Crippen molar-refractivity contribution in [2.45, 2.75) is 82.6 Å². The van der Waals surface area contributed by atoms with Crippen LogP contribution in [-0.2, 0) is 9.53 Å². The van der Waals surface area contributed by atoms with Gasteiger partial charge in [0.1, 0.15) is 0 Å². The maximum absolute atomic E-state index is 13.7. The fraction of sp³-hybridized carbons (Fsp3) is 0.840. The van der Waals surface area contributed by atoms with Crippen molar-refractivity contribution in [2.75, 3.05) is 39.4 Å². The summed E-state index contributed by atoms with van der Waals surface area (Å²) in [7, 11) is 0. The minimum Gasteiger partial charge on any atom is -0.396 e. The average molecular weight is 477 g/mol. The van der Waals surface area contributed by atoms with E-state index in [0.717, 1.165) is 57.2 Å². The Labute approximate surface area is 204 Å². The molecule has 3 rings (SSSR count). The van der Waals surface area contributed by atoms with Crippen LogP contribution in [0.1, 0.15) is 58.3 Å². The Morgan fingerprint density at radius 3 is 3.03 bits per heavy atom. The number of aliphatic hydroxyl groups excluding tert-OH is 1. The van der Waals surface area contributed by atoms with Crippen molar-refractivity contribution in [3.05, 3.63) is 11.6 Å². The van der Waals surface area contributed by atoms with Gasteiger partial charge in [-0.3, -0.25) is 9.69 Å². The van der Waals surface area contributed by atoms with E-state index in [1.54, 1.807) is 0 Å². The molecule has 7 N–H and O–H groups in total. The fourth-order valence-corrected chi connectivity index (χ4v) is 5.98. The summed E-state index contributed by atoms with van der Waals surface area (Å²) < 4.78 is 5.98. The van der Waals surface area contributed by atoms with Gasteiger partial charge in [0.05, 0.1) is 36.7 Å². The van der Waals surface area contributed by atoms with Crippen molar-refractivity contribution in [1.82, 2.24) is 15.5 Å². The number of nitrogens with one attached hydrogen (secondary N) is 2. The molecular formula is C25H44N6O3. The number of carbonyl (C=O) groups excluding carboxylic acids is 1. The summed E-state index contributed by atoms with van der Waals surface area (Å²) in [5.74, 6) is -0.668. The molecule has 0 aromatic heterocycles. The molecule has 192 valence electrons. The number of rotatable bonds is 10. The van der Waals surface area contributed by atoms with E-state index >= 15 is 0 Å². The Hall–Kier alpha value is -1.54. The molecule has 9 nitrogen and oxygen atoms in total. The summed E-state index contributed by atoms with van der Waals surface area (Å²) in [5.41, 5.74) is 13.8. The van der Waals surface area contributed by atoms with Gasteiger partial charge in [-0.25, -0.2) is 0 Å². The SMILES string of the molecule is CCC12C/C=C(/CC#N)CN(CCC1)C(C(C(=O)NC1CNCCC1OCCCO)C(N)N)C2. The van der Waals surface area contributed by atoms with Crippen LogP contribution < -0.4 is 22.1 Å². The summed E-state index contributed by atoms with van der Waals surface area (Å²) in [6.07, 6.45) is 8.18. The van der Waals surface area contributed by atoms with E-state index in [0.29, 0.717) is 32.5 Å². The minimum atomic E-state index is -0.784. The predicted molar refractivity (Wildman–Crippen MR) is 131 cm³/mol. The van der Waals surface area contributed by atoms with Crippen molar-refractivity contribution in [3.8, 4) is 6.07 Å². The number of hydrogen-bond donors (Lipinski definition) is 5. The molecule has 3 aliphatic rings. The van der Waals surface area contributed by atoms with Crippen molar-refractivity contribution in [2.24, 2.45) is 22.8 Å². The van der Waals surface area contributed by atoms with Crippen LogP contribution in [-0.4, -0.2) is 79.7 Å². The largest absolute Gasteiger partial charge is 0.396 e. The molecule has 0 aromatic rings. The minimum absolute atomic E-state index is 0.0739. The number of allylic oxidation sites excluding steroid dienone is 1. The first kappa shape index (κ1) is 27.1. The van der Waals surface area contributed by atoms with E-state index in [1.165, 1.54) is 0 Å². The number of piperidine rings is 1. The van der Waals surface area contributed by atoms with Crippen LogP contribution in [0.3, 0.4) is 0 Å². The van der Waals surface area contributed by atoms with Gasteiger partial charge in [0.15, 0.2) is 0 Å². The Bertz CT molecular complexity index is 739. The monoisotopic (exact) mass is 476 g/mol. The van der Waals surface area contributed by atoms with Crippen molar-refractivity contribution >= 4 is 5.91 Å². The maximum Gasteiger partial charge on any atom is 0.227 e. The molecule has 0 spiro atoms. The lowest BCUT2D eigenvalue weighted by Crippen LogP contribution is -2.62. The van der Waals surface area contributed by atoms with Gasteiger partial charge < -0.3 is 31.9 Å². The van der Waals surface area contributed by atoms with Crippen molar-refractivity contribution in [1.29, 1.82) is 5.26 Å². The topological polar surface area (TPSA) is 150 Å². The van der Waals surface area contributed by atoms with E-state index in [1.807, 2.05) is 0 Å². The van der Waals surface area contributed by atoms with E-state index < -0.39 is 12.1 Å². The van der Waals surface area contributed by atoms with Crippen LogP contribution in [0.15, 0.2) is 11.6 Å². The van der Waals surface area contributed by atoms with Gasteiger partial charge >= 0.3 is 0 Å². The van der Waals surface area contributed by atoms with Crippen LogP contribution in [0.4, 0.5) is 0 Å². The number of hydrogen-bond acceptors (Lipinski definition) is 8. The van der Waals surface area contributed by atoms with Gasteiger partial charge in [0, 0.05) is 32.3 Å². The lowest BCUT2D eigenvalue weighted by Gasteiger charge is -2.43. The Kier molecular flexibility index (Phi) is 10.3. The molecule has 3 heterocycles. The van der Waals surface area contributed by atoms with Crippen LogP contribution in [0, 0.1) is 22.7 Å². The third-order valence-corrected chi connectivity index (χ3v) is 8.06. The van der Waals surface area contributed by atoms with E-state index in [2.05, 4.69) is 34.6 Å². The quantitative estimate of drug-likeness (QED) is 0.175. The molecule has 1 amide bonds. The molecule has 3 aliphatic heterocycles. The Morgan fingerprint density at radius 2 is 2.32 bits per heavy atom. The maximum atomic E-state index is 13.7. The molecule has 2 bridgehead atoms. The lowest BCUT2D eigenvalue weighted by atomic mass is 9.70. The highest BCUT2D eigenvalue weighted by molar-refractivity contribution is 5.80. The number of nitrogens with two attached hydrogens (primary N) is 2. The van der Waals surface area contributed by atoms with Crippen LogP contribution in [0.5, 0.6) is 0 Å². The highest BCUT2D eigenvalue weighted by Crippen LogP contribution is 2.44. The van der Waals surface area contributed by atoms with E-state index in [4.69, 9.17) is 21.3 Å². The van der Waals surface area contributed by atoms with Crippen LogP contribution >= 0.6 is 0 Å². The first-order valence-corrected chi connectivity index (χ1v) is 13.0. The lowest BCUT2D eigenvalue weighted by molar-refractivity contribution is -0.131. The molecule has 0 saturated carbocycles. The molecule has 6 unspecified atom stereocenters. The molecule has 6 atom stereocenters. The zero-order valence-electron chi connectivity index (χ0n) is 20.7. The van der Waals surface area contributed by atoms with Crippen LogP contribution in [0.25, 0.3) is 0 Å². The molecule has 0 radical (unpaired) electrons. The Morgan fingerprint density at radius 1 is 1.50 bits per heavy atom. The number of carbonyl (C=O) groups is 1. The molecule has 0 aromatic carbocycles. The number of aliphatic hydroxyl groups is 1.